The summed E-state index contributed by atoms with van der Waals surface area (Å²) in [5.41, 5.74) is 2.17. The summed E-state index contributed by atoms with van der Waals surface area (Å²) in [4.78, 5) is 11.9. The Morgan fingerprint density at radius 1 is 1.14 bits per heavy atom. The van der Waals surface area contributed by atoms with Gasteiger partial charge in [-0.3, -0.25) is 4.79 Å². The van der Waals surface area contributed by atoms with Crippen LogP contribution in [0.1, 0.15) is 17.5 Å². The summed E-state index contributed by atoms with van der Waals surface area (Å²) in [6.07, 6.45) is 1.91. The predicted molar refractivity (Wildman–Crippen MR) is 89.5 cm³/mol. The fourth-order valence-electron chi connectivity index (χ4n) is 2.28. The van der Waals surface area contributed by atoms with Gasteiger partial charge in [-0.05, 0) is 42.2 Å². The van der Waals surface area contributed by atoms with Crippen LogP contribution in [0.2, 0.25) is 5.02 Å². The lowest BCUT2D eigenvalue weighted by molar-refractivity contribution is -0.121. The van der Waals surface area contributed by atoms with Crippen LogP contribution in [0.3, 0.4) is 0 Å². The molecule has 0 aliphatic rings. The van der Waals surface area contributed by atoms with Crippen LogP contribution >= 0.6 is 11.6 Å². The number of aryl methyl sites for hydroxylation is 1. The number of rotatable bonds is 7. The van der Waals surface area contributed by atoms with Crippen LogP contribution in [0, 0.1) is 0 Å². The molecule has 3 nitrogen and oxygen atoms in total. The van der Waals surface area contributed by atoms with Gasteiger partial charge in [-0.15, -0.1) is 0 Å². The van der Waals surface area contributed by atoms with E-state index < -0.39 is 0 Å². The van der Waals surface area contributed by atoms with E-state index in [1.165, 1.54) is 0 Å². The number of halogens is 1. The molecule has 0 aliphatic heterocycles. The molecule has 0 saturated heterocycles. The average molecular weight is 318 g/mol. The molecular formula is C18H20ClNO2. The summed E-state index contributed by atoms with van der Waals surface area (Å²) >= 11 is 5.93. The van der Waals surface area contributed by atoms with Gasteiger partial charge < -0.3 is 10.1 Å². The molecule has 0 unspecified atom stereocenters. The molecule has 0 aliphatic carbocycles. The van der Waals surface area contributed by atoms with Crippen LogP contribution in [0.5, 0.6) is 5.75 Å². The normalized spacial score (nSPS) is 10.3. The van der Waals surface area contributed by atoms with E-state index in [1.807, 2.05) is 48.5 Å². The van der Waals surface area contributed by atoms with Crippen LogP contribution in [-0.2, 0) is 17.6 Å². The SMILES string of the molecule is COc1ccccc1CCC(=O)NCCc1cccc(Cl)c1. The molecule has 1 N–H and O–H groups in total. The van der Waals surface area contributed by atoms with Gasteiger partial charge in [0, 0.05) is 18.0 Å². The van der Waals surface area contributed by atoms with E-state index in [9.17, 15) is 4.79 Å². The van der Waals surface area contributed by atoms with Gasteiger partial charge in [0.1, 0.15) is 5.75 Å². The summed E-state index contributed by atoms with van der Waals surface area (Å²) in [5, 5.41) is 3.66. The second kappa shape index (κ2) is 8.44. The van der Waals surface area contributed by atoms with E-state index in [4.69, 9.17) is 16.3 Å². The molecule has 2 aromatic rings. The highest BCUT2D eigenvalue weighted by atomic mass is 35.5. The summed E-state index contributed by atoms with van der Waals surface area (Å²) < 4.78 is 5.28. The minimum absolute atomic E-state index is 0.0490. The van der Waals surface area contributed by atoms with E-state index in [2.05, 4.69) is 5.32 Å². The average Bonchev–Trinajstić information content (AvgIpc) is 2.53. The van der Waals surface area contributed by atoms with Crippen LogP contribution in [-0.4, -0.2) is 19.6 Å². The van der Waals surface area contributed by atoms with Crippen LogP contribution < -0.4 is 10.1 Å². The van der Waals surface area contributed by atoms with Crippen molar-refractivity contribution in [2.24, 2.45) is 0 Å². The van der Waals surface area contributed by atoms with Crippen LogP contribution in [0.25, 0.3) is 0 Å². The number of ether oxygens (including phenoxy) is 1. The highest BCUT2D eigenvalue weighted by molar-refractivity contribution is 6.30. The molecule has 22 heavy (non-hydrogen) atoms. The van der Waals surface area contributed by atoms with Crippen molar-refractivity contribution in [3.8, 4) is 5.75 Å². The summed E-state index contributed by atoms with van der Waals surface area (Å²) in [6.45, 7) is 0.616. The maximum absolute atomic E-state index is 11.9. The van der Waals surface area contributed by atoms with Crippen molar-refractivity contribution in [1.29, 1.82) is 0 Å². The molecule has 0 spiro atoms. The zero-order valence-corrected chi connectivity index (χ0v) is 13.4. The zero-order chi connectivity index (χ0) is 15.8. The first-order chi connectivity index (χ1) is 10.7. The smallest absolute Gasteiger partial charge is 0.220 e. The molecule has 0 fully saturated rings. The highest BCUT2D eigenvalue weighted by Crippen LogP contribution is 2.18. The number of hydrogen-bond donors (Lipinski definition) is 1. The van der Waals surface area contributed by atoms with Crippen molar-refractivity contribution in [1.82, 2.24) is 5.32 Å². The molecule has 0 radical (unpaired) electrons. The van der Waals surface area contributed by atoms with Gasteiger partial charge in [0.15, 0.2) is 0 Å². The number of carbonyl (C=O) groups is 1. The number of carbonyl (C=O) groups excluding carboxylic acids is 1. The zero-order valence-electron chi connectivity index (χ0n) is 12.6. The molecule has 0 saturated carbocycles. The number of amides is 1. The fourth-order valence-corrected chi connectivity index (χ4v) is 2.50. The standard InChI is InChI=1S/C18H20ClNO2/c1-22-17-8-3-2-6-15(17)9-10-18(21)20-12-11-14-5-4-7-16(19)13-14/h2-8,13H,9-12H2,1H3,(H,20,21). The Bertz CT molecular complexity index is 628. The quantitative estimate of drug-likeness (QED) is 0.846. The first-order valence-electron chi connectivity index (χ1n) is 7.32. The van der Waals surface area contributed by atoms with Crippen molar-refractivity contribution in [2.75, 3.05) is 13.7 Å². The second-order valence-corrected chi connectivity index (χ2v) is 5.48. The number of para-hydroxylation sites is 1. The first-order valence-corrected chi connectivity index (χ1v) is 7.70. The first kappa shape index (κ1) is 16.4. The minimum atomic E-state index is 0.0490. The van der Waals surface area contributed by atoms with Crippen molar-refractivity contribution in [3.05, 3.63) is 64.7 Å². The van der Waals surface area contributed by atoms with Gasteiger partial charge in [-0.25, -0.2) is 0 Å². The molecule has 0 atom stereocenters. The lowest BCUT2D eigenvalue weighted by Gasteiger charge is -2.08. The third-order valence-corrected chi connectivity index (χ3v) is 3.67. The molecular weight excluding hydrogens is 298 g/mol. The van der Waals surface area contributed by atoms with E-state index in [-0.39, 0.29) is 5.91 Å². The third kappa shape index (κ3) is 5.08. The van der Waals surface area contributed by atoms with E-state index in [1.54, 1.807) is 7.11 Å². The molecule has 0 heterocycles. The minimum Gasteiger partial charge on any atom is -0.496 e. The van der Waals surface area contributed by atoms with Gasteiger partial charge in [-0.2, -0.15) is 0 Å². The summed E-state index contributed by atoms with van der Waals surface area (Å²) in [7, 11) is 1.64. The highest BCUT2D eigenvalue weighted by Gasteiger charge is 2.06. The Morgan fingerprint density at radius 2 is 1.95 bits per heavy atom. The number of benzene rings is 2. The number of nitrogens with one attached hydrogen (secondary N) is 1. The maximum atomic E-state index is 11.9. The van der Waals surface area contributed by atoms with Crippen molar-refractivity contribution in [3.63, 3.8) is 0 Å². The topological polar surface area (TPSA) is 38.3 Å². The third-order valence-electron chi connectivity index (χ3n) is 3.44. The summed E-state index contributed by atoms with van der Waals surface area (Å²) in [6, 6.07) is 15.5. The van der Waals surface area contributed by atoms with Gasteiger partial charge >= 0.3 is 0 Å². The second-order valence-electron chi connectivity index (χ2n) is 5.04. The molecule has 1 amide bonds. The lowest BCUT2D eigenvalue weighted by atomic mass is 10.1. The molecule has 116 valence electrons. The monoisotopic (exact) mass is 317 g/mol. The van der Waals surface area contributed by atoms with Gasteiger partial charge in [0.05, 0.1) is 7.11 Å². The van der Waals surface area contributed by atoms with E-state index in [0.717, 1.165) is 28.3 Å². The van der Waals surface area contributed by atoms with Gasteiger partial charge in [0.25, 0.3) is 0 Å². The van der Waals surface area contributed by atoms with Gasteiger partial charge in [0.2, 0.25) is 5.91 Å². The molecule has 0 aromatic heterocycles. The van der Waals surface area contributed by atoms with Crippen molar-refractivity contribution < 1.29 is 9.53 Å². The fraction of sp³-hybridized carbons (Fsp3) is 0.278. The Labute approximate surface area is 136 Å². The predicted octanol–water partition coefficient (Wildman–Crippen LogP) is 3.64. The molecule has 4 heteroatoms. The Hall–Kier alpha value is -2.00. The Kier molecular flexibility index (Phi) is 6.28. The molecule has 0 bridgehead atoms. The largest absolute Gasteiger partial charge is 0.496 e. The number of hydrogen-bond acceptors (Lipinski definition) is 2. The lowest BCUT2D eigenvalue weighted by Crippen LogP contribution is -2.25. The molecule has 2 rings (SSSR count). The maximum Gasteiger partial charge on any atom is 0.220 e. The Balaban J connectivity index is 1.74. The molecule has 2 aromatic carbocycles. The van der Waals surface area contributed by atoms with Crippen LogP contribution in [0.4, 0.5) is 0 Å². The van der Waals surface area contributed by atoms with Crippen molar-refractivity contribution in [2.45, 2.75) is 19.3 Å². The van der Waals surface area contributed by atoms with Gasteiger partial charge in [-0.1, -0.05) is 41.9 Å². The van der Waals surface area contributed by atoms with E-state index in [0.29, 0.717) is 19.4 Å². The number of methoxy groups -OCH3 is 1. The van der Waals surface area contributed by atoms with Crippen molar-refractivity contribution >= 4 is 17.5 Å². The van der Waals surface area contributed by atoms with Crippen LogP contribution in [0.15, 0.2) is 48.5 Å². The Morgan fingerprint density at radius 3 is 2.73 bits per heavy atom. The summed E-state index contributed by atoms with van der Waals surface area (Å²) in [5.74, 6) is 0.877. The van der Waals surface area contributed by atoms with E-state index >= 15 is 0 Å².